The van der Waals surface area contributed by atoms with Gasteiger partial charge in [0, 0.05) is 19.5 Å². The fraction of sp³-hybridized carbons (Fsp3) is 0.394. The van der Waals surface area contributed by atoms with Gasteiger partial charge in [0.1, 0.15) is 18.3 Å². The third kappa shape index (κ3) is 9.34. The molecule has 0 aliphatic carbocycles. The van der Waals surface area contributed by atoms with Crippen molar-refractivity contribution in [2.45, 2.75) is 52.6 Å². The van der Waals surface area contributed by atoms with Crippen LogP contribution in [0.25, 0.3) is 0 Å². The normalized spacial score (nSPS) is 12.2. The lowest BCUT2D eigenvalue weighted by Gasteiger charge is -2.33. The molecule has 9 heteroatoms. The summed E-state index contributed by atoms with van der Waals surface area (Å²) in [5, 5.41) is 2.99. The first-order chi connectivity index (χ1) is 19.9. The minimum atomic E-state index is -3.82. The predicted octanol–water partition coefficient (Wildman–Crippen LogP) is 5.00. The van der Waals surface area contributed by atoms with E-state index in [-0.39, 0.29) is 30.7 Å². The van der Waals surface area contributed by atoms with Gasteiger partial charge in [0.25, 0.3) is 0 Å². The Kier molecular flexibility index (Phi) is 11.6. The standard InChI is InChI=1S/C33H43N3O5S/c1-24(2)21-34-33(38)31(20-26-11-8-7-9-12-26)35(22-27-13-10-14-30(19-27)41-5)32(37)23-36(42(6,39)40)29-17-15-28(16-18-29)25(3)4/h7-19,24-25,31H,20-23H2,1-6H3,(H,34,38)/t31-/m1/s1. The number of rotatable bonds is 14. The van der Waals surface area contributed by atoms with Gasteiger partial charge in [-0.1, -0.05) is 82.3 Å². The zero-order valence-corrected chi connectivity index (χ0v) is 26.2. The molecule has 0 bridgehead atoms. The highest BCUT2D eigenvalue weighted by molar-refractivity contribution is 7.92. The summed E-state index contributed by atoms with van der Waals surface area (Å²) in [6.45, 7) is 8.20. The van der Waals surface area contributed by atoms with Gasteiger partial charge in [0.15, 0.2) is 0 Å². The molecular weight excluding hydrogens is 550 g/mol. The summed E-state index contributed by atoms with van der Waals surface area (Å²) in [5.41, 5.74) is 3.09. The molecule has 3 aromatic rings. The van der Waals surface area contributed by atoms with Gasteiger partial charge in [-0.15, -0.1) is 0 Å². The Morgan fingerprint density at radius 1 is 0.881 bits per heavy atom. The average Bonchev–Trinajstić information content (AvgIpc) is 2.96. The summed E-state index contributed by atoms with van der Waals surface area (Å²) < 4.78 is 32.5. The van der Waals surface area contributed by atoms with Gasteiger partial charge in [-0.3, -0.25) is 13.9 Å². The van der Waals surface area contributed by atoms with Crippen LogP contribution >= 0.6 is 0 Å². The number of carbonyl (C=O) groups is 2. The van der Waals surface area contributed by atoms with Crippen LogP contribution in [0.15, 0.2) is 78.9 Å². The van der Waals surface area contributed by atoms with E-state index >= 15 is 0 Å². The predicted molar refractivity (Wildman–Crippen MR) is 168 cm³/mol. The van der Waals surface area contributed by atoms with Gasteiger partial charge in [0.2, 0.25) is 21.8 Å². The van der Waals surface area contributed by atoms with Crippen molar-refractivity contribution in [2.24, 2.45) is 5.92 Å². The first-order valence-corrected chi connectivity index (χ1v) is 16.1. The smallest absolute Gasteiger partial charge is 0.244 e. The van der Waals surface area contributed by atoms with E-state index in [0.29, 0.717) is 18.0 Å². The van der Waals surface area contributed by atoms with E-state index in [9.17, 15) is 18.0 Å². The number of sulfonamides is 1. The summed E-state index contributed by atoms with van der Waals surface area (Å²) in [5.74, 6) is 0.316. The van der Waals surface area contributed by atoms with E-state index in [1.54, 1.807) is 25.3 Å². The van der Waals surface area contributed by atoms with Crippen LogP contribution in [0.1, 0.15) is 50.3 Å². The largest absolute Gasteiger partial charge is 0.497 e. The van der Waals surface area contributed by atoms with Gasteiger partial charge in [0.05, 0.1) is 19.1 Å². The van der Waals surface area contributed by atoms with Crippen LogP contribution in [-0.4, -0.2) is 57.6 Å². The number of nitrogens with zero attached hydrogens (tertiary/aromatic N) is 2. The Morgan fingerprint density at radius 3 is 2.10 bits per heavy atom. The molecule has 0 unspecified atom stereocenters. The zero-order chi connectivity index (χ0) is 30.9. The van der Waals surface area contributed by atoms with Gasteiger partial charge in [-0.05, 0) is 52.8 Å². The Balaban J connectivity index is 2.05. The average molecular weight is 594 g/mol. The Bertz CT molecular complexity index is 1420. The molecule has 0 saturated carbocycles. The summed E-state index contributed by atoms with van der Waals surface area (Å²) in [6, 6.07) is 23.1. The topological polar surface area (TPSA) is 96.0 Å². The van der Waals surface area contributed by atoms with Crippen LogP contribution in [0, 0.1) is 5.92 Å². The molecule has 3 rings (SSSR count). The van der Waals surface area contributed by atoms with Crippen LogP contribution in [0.2, 0.25) is 0 Å². The van der Waals surface area contributed by atoms with Crippen molar-refractivity contribution >= 4 is 27.5 Å². The third-order valence-electron chi connectivity index (χ3n) is 6.97. The number of benzene rings is 3. The highest BCUT2D eigenvalue weighted by atomic mass is 32.2. The second-order valence-electron chi connectivity index (χ2n) is 11.2. The van der Waals surface area contributed by atoms with Crippen molar-refractivity contribution in [3.8, 4) is 5.75 Å². The van der Waals surface area contributed by atoms with Crippen LogP contribution < -0.4 is 14.4 Å². The van der Waals surface area contributed by atoms with Crippen molar-refractivity contribution in [3.05, 3.63) is 95.6 Å². The molecule has 3 aromatic carbocycles. The van der Waals surface area contributed by atoms with Gasteiger partial charge in [-0.25, -0.2) is 8.42 Å². The van der Waals surface area contributed by atoms with Crippen LogP contribution in [0.5, 0.6) is 5.75 Å². The molecule has 0 radical (unpaired) electrons. The molecule has 0 heterocycles. The number of hydrogen-bond donors (Lipinski definition) is 1. The molecule has 42 heavy (non-hydrogen) atoms. The number of nitrogens with one attached hydrogen (secondary N) is 1. The highest BCUT2D eigenvalue weighted by Crippen LogP contribution is 2.24. The number of amides is 2. The molecule has 0 saturated heterocycles. The van der Waals surface area contributed by atoms with Crippen molar-refractivity contribution in [3.63, 3.8) is 0 Å². The van der Waals surface area contributed by atoms with E-state index in [1.807, 2.05) is 74.5 Å². The lowest BCUT2D eigenvalue weighted by molar-refractivity contribution is -0.140. The molecule has 0 fully saturated rings. The maximum Gasteiger partial charge on any atom is 0.244 e. The van der Waals surface area contributed by atoms with Gasteiger partial charge < -0.3 is 15.0 Å². The second kappa shape index (κ2) is 14.9. The van der Waals surface area contributed by atoms with Crippen molar-refractivity contribution in [1.29, 1.82) is 0 Å². The van der Waals surface area contributed by atoms with Crippen molar-refractivity contribution in [1.82, 2.24) is 10.2 Å². The van der Waals surface area contributed by atoms with E-state index in [4.69, 9.17) is 4.74 Å². The molecule has 226 valence electrons. The number of anilines is 1. The SMILES string of the molecule is COc1cccc(CN(C(=O)CN(c2ccc(C(C)C)cc2)S(C)(=O)=O)[C@H](Cc2ccccc2)C(=O)NCC(C)C)c1. The highest BCUT2D eigenvalue weighted by Gasteiger charge is 2.33. The van der Waals surface area contributed by atoms with Crippen molar-refractivity contribution < 1.29 is 22.7 Å². The van der Waals surface area contributed by atoms with Gasteiger partial charge >= 0.3 is 0 Å². The molecule has 0 aliphatic rings. The number of methoxy groups -OCH3 is 1. The molecule has 0 aromatic heterocycles. The molecule has 1 atom stereocenters. The van der Waals surface area contributed by atoms with E-state index in [0.717, 1.165) is 27.3 Å². The first kappa shape index (κ1) is 32.7. The fourth-order valence-electron chi connectivity index (χ4n) is 4.58. The first-order valence-electron chi connectivity index (χ1n) is 14.2. The number of hydrogen-bond acceptors (Lipinski definition) is 5. The van der Waals surface area contributed by atoms with Crippen LogP contribution in [-0.2, 0) is 32.6 Å². The van der Waals surface area contributed by atoms with Gasteiger partial charge in [-0.2, -0.15) is 0 Å². The molecular formula is C33H43N3O5S. The quantitative estimate of drug-likeness (QED) is 0.284. The lowest BCUT2D eigenvalue weighted by atomic mass is 10.0. The minimum Gasteiger partial charge on any atom is -0.497 e. The Labute approximate surface area is 250 Å². The summed E-state index contributed by atoms with van der Waals surface area (Å²) in [6.07, 6.45) is 1.35. The summed E-state index contributed by atoms with van der Waals surface area (Å²) >= 11 is 0. The monoisotopic (exact) mass is 593 g/mol. The molecule has 1 N–H and O–H groups in total. The van der Waals surface area contributed by atoms with E-state index < -0.39 is 28.5 Å². The maximum atomic E-state index is 14.2. The summed E-state index contributed by atoms with van der Waals surface area (Å²) in [4.78, 5) is 29.4. The van der Waals surface area contributed by atoms with Crippen molar-refractivity contribution in [2.75, 3.05) is 30.8 Å². The lowest BCUT2D eigenvalue weighted by Crippen LogP contribution is -2.53. The summed E-state index contributed by atoms with van der Waals surface area (Å²) in [7, 11) is -2.26. The number of carbonyl (C=O) groups excluding carboxylic acids is 2. The Hall–Kier alpha value is -3.85. The molecule has 8 nitrogen and oxygen atoms in total. The van der Waals surface area contributed by atoms with E-state index in [1.165, 1.54) is 4.90 Å². The fourth-order valence-corrected chi connectivity index (χ4v) is 5.43. The minimum absolute atomic E-state index is 0.0898. The number of ether oxygens (including phenoxy) is 1. The zero-order valence-electron chi connectivity index (χ0n) is 25.4. The maximum absolute atomic E-state index is 14.2. The Morgan fingerprint density at radius 2 is 1.52 bits per heavy atom. The van der Waals surface area contributed by atoms with Crippen LogP contribution in [0.4, 0.5) is 5.69 Å². The third-order valence-corrected chi connectivity index (χ3v) is 8.11. The molecule has 0 spiro atoms. The molecule has 0 aliphatic heterocycles. The second-order valence-corrected chi connectivity index (χ2v) is 13.1. The van der Waals surface area contributed by atoms with E-state index in [2.05, 4.69) is 19.2 Å². The molecule has 2 amide bonds. The van der Waals surface area contributed by atoms with Crippen LogP contribution in [0.3, 0.4) is 0 Å².